The van der Waals surface area contributed by atoms with E-state index in [-0.39, 0.29) is 0 Å². The topological polar surface area (TPSA) is 216 Å². The summed E-state index contributed by atoms with van der Waals surface area (Å²) in [5.41, 5.74) is -9.59. The van der Waals surface area contributed by atoms with Gasteiger partial charge in [0, 0.05) is 0 Å². The highest BCUT2D eigenvalue weighted by molar-refractivity contribution is 5.93. The van der Waals surface area contributed by atoms with Gasteiger partial charge in [0.25, 0.3) is 0 Å². The molecule has 0 aromatic heterocycles. The van der Waals surface area contributed by atoms with Crippen LogP contribution in [0.3, 0.4) is 0 Å². The lowest BCUT2D eigenvalue weighted by molar-refractivity contribution is -0.460. The molecule has 15 heteroatoms. The van der Waals surface area contributed by atoms with Gasteiger partial charge in [0.15, 0.2) is 0 Å². The van der Waals surface area contributed by atoms with E-state index in [4.69, 9.17) is 0 Å². The molecule has 0 heterocycles. The third kappa shape index (κ3) is 3.82. The van der Waals surface area contributed by atoms with Crippen molar-refractivity contribution in [1.82, 2.24) is 0 Å². The Morgan fingerprint density at radius 2 is 0.862 bits per heavy atom. The first-order valence-corrected chi connectivity index (χ1v) is 7.27. The second-order valence-electron chi connectivity index (χ2n) is 5.19. The van der Waals surface area contributed by atoms with Crippen LogP contribution in [-0.2, 0) is 0 Å². The molecule has 0 saturated heterocycles. The zero-order valence-electron chi connectivity index (χ0n) is 13.9. The second-order valence-corrected chi connectivity index (χ2v) is 5.19. The van der Waals surface area contributed by atoms with Crippen molar-refractivity contribution in [2.24, 2.45) is 0 Å². The maximum absolute atomic E-state index is 11.4. The fourth-order valence-electron chi connectivity index (χ4n) is 2.49. The van der Waals surface area contributed by atoms with Crippen molar-refractivity contribution < 1.29 is 24.6 Å². The van der Waals surface area contributed by atoms with E-state index in [0.717, 1.165) is 6.08 Å². The molecule has 0 radical (unpaired) electrons. The van der Waals surface area contributed by atoms with E-state index < -0.39 is 58.6 Å². The molecule has 2 rings (SSSR count). The van der Waals surface area contributed by atoms with Gasteiger partial charge in [-0.1, -0.05) is 36.4 Å². The normalized spacial score (nSPS) is 10.6. The number of hydrogen-bond donors (Lipinski definition) is 0. The van der Waals surface area contributed by atoms with Gasteiger partial charge in [0.2, 0.25) is 0 Å². The van der Waals surface area contributed by atoms with Gasteiger partial charge in [-0.25, -0.2) is 0 Å². The molecule has 0 unspecified atom stereocenters. The molecule has 0 atom stereocenters. The lowest BCUT2D eigenvalue weighted by Gasteiger charge is -2.04. The van der Waals surface area contributed by atoms with Gasteiger partial charge in [-0.3, -0.25) is 50.6 Å². The average molecular weight is 405 g/mol. The van der Waals surface area contributed by atoms with Crippen LogP contribution in [0.2, 0.25) is 0 Å². The molecule has 2 aromatic rings. The summed E-state index contributed by atoms with van der Waals surface area (Å²) in [4.78, 5) is 49.1. The van der Waals surface area contributed by atoms with E-state index >= 15 is 0 Å². The van der Waals surface area contributed by atoms with Crippen LogP contribution in [0.4, 0.5) is 28.4 Å². The first-order chi connectivity index (χ1) is 13.6. The Hall–Kier alpha value is -4.82. The van der Waals surface area contributed by atoms with E-state index in [9.17, 15) is 50.6 Å². The van der Waals surface area contributed by atoms with Gasteiger partial charge in [0.05, 0.1) is 24.6 Å². The molecule has 0 bridgehead atoms. The fourth-order valence-corrected chi connectivity index (χ4v) is 2.49. The summed E-state index contributed by atoms with van der Waals surface area (Å²) in [6, 6.07) is 7.65. The number of hydrogen-bond acceptors (Lipinski definition) is 10. The molecular formula is C14H7N5O10. The van der Waals surface area contributed by atoms with Crippen LogP contribution in [0.25, 0.3) is 12.2 Å². The van der Waals surface area contributed by atoms with Gasteiger partial charge >= 0.3 is 28.4 Å². The Morgan fingerprint density at radius 3 is 1.21 bits per heavy atom. The van der Waals surface area contributed by atoms with Crippen molar-refractivity contribution in [3.63, 3.8) is 0 Å². The number of nitrogens with zero attached hydrogens (tertiary/aromatic N) is 5. The molecule has 0 spiro atoms. The summed E-state index contributed by atoms with van der Waals surface area (Å²) < 4.78 is 0. The number of nitro groups is 5. The second kappa shape index (κ2) is 7.82. The van der Waals surface area contributed by atoms with E-state index in [0.29, 0.717) is 11.6 Å². The van der Waals surface area contributed by atoms with Gasteiger partial charge in [-0.2, -0.15) is 0 Å². The third-order valence-corrected chi connectivity index (χ3v) is 3.56. The Morgan fingerprint density at radius 1 is 0.517 bits per heavy atom. The Balaban J connectivity index is 3.11. The summed E-state index contributed by atoms with van der Waals surface area (Å²) in [5, 5.41) is 56.7. The lowest BCUT2D eigenvalue weighted by atomic mass is 10.0. The van der Waals surface area contributed by atoms with Crippen molar-refractivity contribution in [3.05, 3.63) is 92.0 Å². The van der Waals surface area contributed by atoms with Crippen LogP contribution in [-0.4, -0.2) is 24.6 Å². The minimum atomic E-state index is -1.95. The monoisotopic (exact) mass is 405 g/mol. The number of benzene rings is 2. The minimum Gasteiger partial charge on any atom is -0.258 e. The molecule has 0 saturated carbocycles. The van der Waals surface area contributed by atoms with Crippen LogP contribution in [0.1, 0.15) is 11.1 Å². The van der Waals surface area contributed by atoms with Crippen molar-refractivity contribution >= 4 is 40.6 Å². The largest absolute Gasteiger partial charge is 0.437 e. The predicted molar refractivity (Wildman–Crippen MR) is 95.1 cm³/mol. The summed E-state index contributed by atoms with van der Waals surface area (Å²) in [7, 11) is 0. The van der Waals surface area contributed by atoms with E-state index in [1.807, 2.05) is 0 Å². The fraction of sp³-hybridized carbons (Fsp3) is 0. The molecule has 0 aliphatic carbocycles. The lowest BCUT2D eigenvalue weighted by Crippen LogP contribution is -2.10. The molecule has 148 valence electrons. The molecule has 0 aliphatic rings. The van der Waals surface area contributed by atoms with Crippen molar-refractivity contribution in [1.29, 1.82) is 0 Å². The van der Waals surface area contributed by atoms with Gasteiger partial charge < -0.3 is 0 Å². The zero-order valence-corrected chi connectivity index (χ0v) is 13.9. The van der Waals surface area contributed by atoms with E-state index in [1.54, 1.807) is 18.2 Å². The van der Waals surface area contributed by atoms with Crippen LogP contribution >= 0.6 is 0 Å². The van der Waals surface area contributed by atoms with E-state index in [1.165, 1.54) is 12.1 Å². The van der Waals surface area contributed by atoms with Crippen LogP contribution in [0.15, 0.2) is 30.3 Å². The molecule has 0 N–H and O–H groups in total. The Kier molecular flexibility index (Phi) is 5.53. The van der Waals surface area contributed by atoms with Gasteiger partial charge in [0.1, 0.15) is 5.56 Å². The number of rotatable bonds is 7. The van der Waals surface area contributed by atoms with E-state index in [2.05, 4.69) is 0 Å². The standard InChI is InChI=1S/C14H7N5O10/c20-15(21)10-9(7-6-8-4-2-1-3-5-8)11(16(22)23)13(18(26)27)14(19(28)29)12(10)17(24)25/h1-7H. The number of nitro benzene ring substituents is 5. The van der Waals surface area contributed by atoms with Crippen LogP contribution in [0, 0.1) is 50.6 Å². The highest BCUT2D eigenvalue weighted by atomic mass is 16.7. The first kappa shape index (κ1) is 20.5. The molecular weight excluding hydrogens is 398 g/mol. The van der Waals surface area contributed by atoms with Crippen molar-refractivity contribution in [2.75, 3.05) is 0 Å². The maximum Gasteiger partial charge on any atom is 0.437 e. The highest BCUT2D eigenvalue weighted by Crippen LogP contribution is 2.52. The summed E-state index contributed by atoms with van der Waals surface area (Å²) >= 11 is 0. The molecule has 2 aromatic carbocycles. The molecule has 0 amide bonds. The summed E-state index contributed by atoms with van der Waals surface area (Å²) in [6.45, 7) is 0. The molecule has 15 nitrogen and oxygen atoms in total. The van der Waals surface area contributed by atoms with Crippen LogP contribution < -0.4 is 0 Å². The Bertz CT molecular complexity index is 1040. The average Bonchev–Trinajstić information content (AvgIpc) is 2.64. The molecule has 29 heavy (non-hydrogen) atoms. The van der Waals surface area contributed by atoms with Gasteiger partial charge in [-0.05, 0) is 11.6 Å². The zero-order chi connectivity index (χ0) is 21.9. The van der Waals surface area contributed by atoms with Crippen LogP contribution in [0.5, 0.6) is 0 Å². The highest BCUT2D eigenvalue weighted by Gasteiger charge is 2.53. The summed E-state index contributed by atoms with van der Waals surface area (Å²) in [6.07, 6.45) is 1.77. The van der Waals surface area contributed by atoms with Crippen molar-refractivity contribution in [3.8, 4) is 0 Å². The molecule has 0 aliphatic heterocycles. The maximum atomic E-state index is 11.4. The SMILES string of the molecule is O=[N+]([O-])c1c(C=Cc2ccccc2)c([N+](=O)[O-])c([N+](=O)[O-])c([N+](=O)[O-])c1[N+](=O)[O-]. The smallest absolute Gasteiger partial charge is 0.258 e. The van der Waals surface area contributed by atoms with Gasteiger partial charge in [-0.15, -0.1) is 0 Å². The summed E-state index contributed by atoms with van der Waals surface area (Å²) in [5.74, 6) is 0. The third-order valence-electron chi connectivity index (χ3n) is 3.56. The quantitative estimate of drug-likeness (QED) is 0.371. The minimum absolute atomic E-state index is 0.347. The predicted octanol–water partition coefficient (Wildman–Crippen LogP) is 3.40. The van der Waals surface area contributed by atoms with Crippen molar-refractivity contribution in [2.45, 2.75) is 0 Å². The molecule has 0 fully saturated rings. The Labute approximate surface area is 158 Å². The first-order valence-electron chi connectivity index (χ1n) is 7.27.